The highest BCUT2D eigenvalue weighted by molar-refractivity contribution is 6.00. The van der Waals surface area contributed by atoms with Gasteiger partial charge in [-0.15, -0.1) is 0 Å². The number of rotatable bonds is 8. The number of aromatic nitrogens is 7. The molecule has 0 radical (unpaired) electrons. The van der Waals surface area contributed by atoms with E-state index < -0.39 is 0 Å². The van der Waals surface area contributed by atoms with Crippen LogP contribution >= 0.6 is 0 Å². The second kappa shape index (κ2) is 14.6. The normalized spacial score (nSPS) is 12.2. The van der Waals surface area contributed by atoms with E-state index in [2.05, 4.69) is 117 Å². The minimum atomic E-state index is 0.829. The summed E-state index contributed by atoms with van der Waals surface area (Å²) in [6, 6.07) is 29.6. The summed E-state index contributed by atoms with van der Waals surface area (Å²) in [4.78, 5) is 31.3. The largest absolute Gasteiger partial charge is 0.354 e. The van der Waals surface area contributed by atoms with Crippen molar-refractivity contribution in [1.29, 1.82) is 0 Å². The van der Waals surface area contributed by atoms with Gasteiger partial charge < -0.3 is 9.97 Å². The molecule has 7 heteroatoms. The Morgan fingerprint density at radius 1 is 0.444 bits per heavy atom. The Labute approximate surface area is 313 Å². The summed E-state index contributed by atoms with van der Waals surface area (Å²) in [7, 11) is 0. The number of allylic oxidation sites excluding steroid dienone is 1. The number of nitrogens with one attached hydrogen (secondary N) is 2. The number of unbranched alkanes of at least 4 members (excludes halogenated alkanes) is 2. The van der Waals surface area contributed by atoms with Gasteiger partial charge in [0, 0.05) is 81.5 Å². The summed E-state index contributed by atoms with van der Waals surface area (Å²) < 4.78 is 0. The van der Waals surface area contributed by atoms with E-state index in [-0.39, 0.29) is 0 Å². The van der Waals surface area contributed by atoms with Crippen molar-refractivity contribution < 1.29 is 0 Å². The fourth-order valence-electron chi connectivity index (χ4n) is 7.28. The van der Waals surface area contributed by atoms with Crippen molar-refractivity contribution in [3.63, 3.8) is 0 Å². The topological polar surface area (TPSA) is 96.0 Å². The molecule has 0 spiro atoms. The Morgan fingerprint density at radius 3 is 1.28 bits per heavy atom. The first-order chi connectivity index (χ1) is 26.7. The van der Waals surface area contributed by atoms with Crippen LogP contribution in [0.2, 0.25) is 0 Å². The SMILES string of the molecule is CCCC/C=C/c1ccc(-c2c3ccc([nH]3)c(-c3ccncc3)c3nc(c(-c4ccncc4)c4nc(c(-c5ccncc5)c5ccc2[nH]5)C=C4)C=C3)cc1. The number of aromatic amines is 2. The van der Waals surface area contributed by atoms with Crippen molar-refractivity contribution in [2.75, 3.05) is 0 Å². The zero-order valence-corrected chi connectivity index (χ0v) is 29.9. The van der Waals surface area contributed by atoms with E-state index in [1.807, 2.05) is 73.6 Å². The Kier molecular flexibility index (Phi) is 8.87. The van der Waals surface area contributed by atoms with Crippen LogP contribution in [-0.4, -0.2) is 34.9 Å². The van der Waals surface area contributed by atoms with Crippen LogP contribution in [0.3, 0.4) is 0 Å². The van der Waals surface area contributed by atoms with Gasteiger partial charge in [-0.05, 0) is 119 Å². The Balaban J connectivity index is 1.39. The van der Waals surface area contributed by atoms with Crippen LogP contribution in [-0.2, 0) is 0 Å². The van der Waals surface area contributed by atoms with Crippen LogP contribution in [0.1, 0.15) is 54.5 Å². The fourth-order valence-corrected chi connectivity index (χ4v) is 7.28. The van der Waals surface area contributed by atoms with Gasteiger partial charge in [-0.3, -0.25) is 15.0 Å². The highest BCUT2D eigenvalue weighted by Crippen LogP contribution is 2.38. The van der Waals surface area contributed by atoms with Gasteiger partial charge >= 0.3 is 0 Å². The van der Waals surface area contributed by atoms with Crippen LogP contribution in [0.5, 0.6) is 0 Å². The predicted molar refractivity (Wildman–Crippen MR) is 223 cm³/mol. The van der Waals surface area contributed by atoms with Gasteiger partial charge in [-0.1, -0.05) is 56.2 Å². The molecule has 260 valence electrons. The van der Waals surface area contributed by atoms with Crippen molar-refractivity contribution in [1.82, 2.24) is 34.9 Å². The Bertz CT molecular complexity index is 2580. The van der Waals surface area contributed by atoms with Crippen LogP contribution in [0, 0.1) is 0 Å². The highest BCUT2D eigenvalue weighted by atomic mass is 14.8. The van der Waals surface area contributed by atoms with Gasteiger partial charge in [0.1, 0.15) is 0 Å². The average molecular weight is 700 g/mol. The number of fused-ring (bicyclic) bond motifs is 8. The summed E-state index contributed by atoms with van der Waals surface area (Å²) in [5.74, 6) is 0. The molecule has 0 unspecified atom stereocenters. The Hall–Kier alpha value is -6.99. The molecule has 8 heterocycles. The molecule has 2 aliphatic heterocycles. The quantitative estimate of drug-likeness (QED) is 0.154. The van der Waals surface area contributed by atoms with Gasteiger partial charge in [0.2, 0.25) is 0 Å². The van der Waals surface area contributed by atoms with E-state index >= 15 is 0 Å². The highest BCUT2D eigenvalue weighted by Gasteiger charge is 2.19. The van der Waals surface area contributed by atoms with E-state index in [1.54, 1.807) is 0 Å². The van der Waals surface area contributed by atoms with Crippen LogP contribution in [0.25, 0.3) is 97.0 Å². The van der Waals surface area contributed by atoms with E-state index in [1.165, 1.54) is 18.4 Å². The molecule has 0 saturated carbocycles. The van der Waals surface area contributed by atoms with Gasteiger partial charge in [-0.25, -0.2) is 9.97 Å². The van der Waals surface area contributed by atoms with Crippen molar-refractivity contribution in [3.05, 3.63) is 157 Å². The third kappa shape index (κ3) is 6.37. The van der Waals surface area contributed by atoms with Crippen molar-refractivity contribution >= 4 is 52.4 Å². The van der Waals surface area contributed by atoms with Gasteiger partial charge in [0.05, 0.1) is 22.8 Å². The number of hydrogen-bond donors (Lipinski definition) is 2. The lowest BCUT2D eigenvalue weighted by Crippen LogP contribution is -1.91. The minimum Gasteiger partial charge on any atom is -0.354 e. The molecule has 2 N–H and O–H groups in total. The summed E-state index contributed by atoms with van der Waals surface area (Å²) >= 11 is 0. The molecule has 0 amide bonds. The molecular formula is C47H37N7. The lowest BCUT2D eigenvalue weighted by molar-refractivity contribution is 0.816. The third-order valence-electron chi connectivity index (χ3n) is 9.89. The number of nitrogens with zero attached hydrogens (tertiary/aromatic N) is 5. The van der Waals surface area contributed by atoms with Gasteiger partial charge in [-0.2, -0.15) is 0 Å². The molecule has 7 aromatic rings. The summed E-state index contributed by atoms with van der Waals surface area (Å²) in [6.45, 7) is 2.22. The third-order valence-corrected chi connectivity index (χ3v) is 9.89. The fraction of sp³-hybridized carbons (Fsp3) is 0.0851. The lowest BCUT2D eigenvalue weighted by Gasteiger charge is -2.07. The first-order valence-electron chi connectivity index (χ1n) is 18.4. The molecule has 54 heavy (non-hydrogen) atoms. The number of benzene rings is 1. The number of pyridine rings is 3. The Morgan fingerprint density at radius 2 is 0.833 bits per heavy atom. The molecule has 1 aromatic carbocycles. The van der Waals surface area contributed by atoms with Crippen LogP contribution < -0.4 is 0 Å². The van der Waals surface area contributed by atoms with Gasteiger partial charge in [0.15, 0.2) is 0 Å². The molecule has 7 nitrogen and oxygen atoms in total. The molecule has 0 fully saturated rings. The molecule has 0 atom stereocenters. The smallest absolute Gasteiger partial charge is 0.0738 e. The maximum atomic E-state index is 5.32. The van der Waals surface area contributed by atoms with Crippen LogP contribution in [0.15, 0.2) is 128 Å². The monoisotopic (exact) mass is 699 g/mol. The molecule has 0 saturated heterocycles. The zero-order chi connectivity index (χ0) is 36.3. The summed E-state index contributed by atoms with van der Waals surface area (Å²) in [5, 5.41) is 0. The molecular weight excluding hydrogens is 663 g/mol. The predicted octanol–water partition coefficient (Wildman–Crippen LogP) is 11.7. The summed E-state index contributed by atoms with van der Waals surface area (Å²) in [5.41, 5.74) is 16.5. The maximum Gasteiger partial charge on any atom is 0.0738 e. The molecule has 8 bridgehead atoms. The standard InChI is InChI=1S/C47H37N7/c1-2-3-4-5-6-31-7-9-32(10-8-31)44-36-11-13-38(51-36)45(33-19-25-48-26-20-33)40-15-17-42(53-40)47(35-23-29-50-30-24-35)43-18-16-41(54-43)46(34-21-27-49-28-22-34)39-14-12-37(44)52-39/h5-30,51-52H,2-4H2,1H3/b6-5+,44-36?,44-37?,45-38?,45-40?,46-39?,46-41?,47-42?,47-43?. The number of hydrogen-bond acceptors (Lipinski definition) is 5. The average Bonchev–Trinajstić information content (AvgIpc) is 4.06. The van der Waals surface area contributed by atoms with E-state index in [0.717, 1.165) is 95.8 Å². The molecule has 0 aliphatic carbocycles. The second-order valence-corrected chi connectivity index (χ2v) is 13.4. The molecule has 2 aliphatic rings. The van der Waals surface area contributed by atoms with E-state index in [4.69, 9.17) is 9.97 Å². The number of H-pyrrole nitrogens is 2. The van der Waals surface area contributed by atoms with Gasteiger partial charge in [0.25, 0.3) is 0 Å². The first-order valence-corrected chi connectivity index (χ1v) is 18.4. The van der Waals surface area contributed by atoms with E-state index in [0.29, 0.717) is 0 Å². The molecule has 6 aromatic heterocycles. The maximum absolute atomic E-state index is 5.32. The molecule has 9 rings (SSSR count). The van der Waals surface area contributed by atoms with Crippen molar-refractivity contribution in [2.45, 2.75) is 26.2 Å². The first kappa shape index (κ1) is 32.9. The second-order valence-electron chi connectivity index (χ2n) is 13.4. The van der Waals surface area contributed by atoms with Crippen molar-refractivity contribution in [3.8, 4) is 44.5 Å². The minimum absolute atomic E-state index is 0.829. The van der Waals surface area contributed by atoms with Crippen molar-refractivity contribution in [2.24, 2.45) is 0 Å². The zero-order valence-electron chi connectivity index (χ0n) is 29.9. The van der Waals surface area contributed by atoms with Crippen LogP contribution in [0.4, 0.5) is 0 Å². The summed E-state index contributed by atoms with van der Waals surface area (Å²) in [6.07, 6.45) is 27.2. The lowest BCUT2D eigenvalue weighted by atomic mass is 10.0. The van der Waals surface area contributed by atoms with E-state index in [9.17, 15) is 0 Å².